The smallest absolute Gasteiger partial charge is 0.332 e. The lowest BCUT2D eigenvalue weighted by molar-refractivity contribution is -0.150. The van der Waals surface area contributed by atoms with Crippen LogP contribution in [0.4, 0.5) is 5.69 Å². The number of carboxylic acids is 1. The molecule has 0 bridgehead atoms. The summed E-state index contributed by atoms with van der Waals surface area (Å²) in [5, 5.41) is 11.6. The van der Waals surface area contributed by atoms with Crippen LogP contribution in [0.3, 0.4) is 0 Å². The molecule has 1 aliphatic rings. The number of hydrogen-bond donors (Lipinski definition) is 2. The Balaban J connectivity index is 1.83. The predicted molar refractivity (Wildman–Crippen MR) is 83.8 cm³/mol. The largest absolute Gasteiger partial charge is 0.479 e. The number of nitrogens with one attached hydrogen (secondary N) is 1. The van der Waals surface area contributed by atoms with Gasteiger partial charge >= 0.3 is 5.97 Å². The molecule has 0 aromatic heterocycles. The van der Waals surface area contributed by atoms with E-state index in [4.69, 9.17) is 9.84 Å². The van der Waals surface area contributed by atoms with Crippen molar-refractivity contribution in [2.24, 2.45) is 0 Å². The molecule has 1 amide bonds. The fourth-order valence-electron chi connectivity index (χ4n) is 2.57. The van der Waals surface area contributed by atoms with Crippen molar-refractivity contribution < 1.29 is 19.4 Å². The summed E-state index contributed by atoms with van der Waals surface area (Å²) in [7, 11) is 0. The lowest BCUT2D eigenvalue weighted by Crippen LogP contribution is -2.29. The average Bonchev–Trinajstić information content (AvgIpc) is 2.99. The highest BCUT2D eigenvalue weighted by Crippen LogP contribution is 2.21. The van der Waals surface area contributed by atoms with E-state index in [9.17, 15) is 9.59 Å². The molecule has 0 unspecified atom stereocenters. The normalized spacial score (nSPS) is 20.8. The van der Waals surface area contributed by atoms with Gasteiger partial charge in [-0.1, -0.05) is 31.9 Å². The lowest BCUT2D eigenvalue weighted by atomic mass is 10.1. The first-order valence-corrected chi connectivity index (χ1v) is 7.88. The van der Waals surface area contributed by atoms with Gasteiger partial charge in [0.1, 0.15) is 6.10 Å². The maximum Gasteiger partial charge on any atom is 0.332 e. The molecule has 1 heterocycles. The fraction of sp³-hybridized carbons (Fsp3) is 0.529. The second-order valence-electron chi connectivity index (χ2n) is 5.67. The van der Waals surface area contributed by atoms with Gasteiger partial charge in [0.05, 0.1) is 0 Å². The van der Waals surface area contributed by atoms with E-state index >= 15 is 0 Å². The van der Waals surface area contributed by atoms with Crippen molar-refractivity contribution in [1.82, 2.24) is 0 Å². The highest BCUT2D eigenvalue weighted by Gasteiger charge is 2.34. The highest BCUT2D eigenvalue weighted by molar-refractivity contribution is 5.94. The highest BCUT2D eigenvalue weighted by atomic mass is 16.5. The number of anilines is 1. The van der Waals surface area contributed by atoms with E-state index in [-0.39, 0.29) is 5.91 Å². The maximum absolute atomic E-state index is 12.0. The molecule has 1 aromatic rings. The molecule has 1 saturated heterocycles. The Morgan fingerprint density at radius 1 is 1.18 bits per heavy atom. The Bertz CT molecular complexity index is 512. The summed E-state index contributed by atoms with van der Waals surface area (Å²) in [6.45, 7) is 2.18. The molecule has 0 saturated carbocycles. The van der Waals surface area contributed by atoms with Gasteiger partial charge < -0.3 is 15.2 Å². The van der Waals surface area contributed by atoms with E-state index in [1.807, 2.05) is 24.3 Å². The van der Waals surface area contributed by atoms with E-state index < -0.39 is 18.2 Å². The van der Waals surface area contributed by atoms with Gasteiger partial charge in [-0.3, -0.25) is 4.79 Å². The number of aryl methyl sites for hydroxylation is 1. The minimum atomic E-state index is -1.01. The molecule has 22 heavy (non-hydrogen) atoms. The van der Waals surface area contributed by atoms with Gasteiger partial charge in [-0.25, -0.2) is 4.79 Å². The summed E-state index contributed by atoms with van der Waals surface area (Å²) in [6.07, 6.45) is 3.93. The molecule has 1 aliphatic heterocycles. The zero-order valence-electron chi connectivity index (χ0n) is 12.9. The number of carbonyl (C=O) groups excluding carboxylic acids is 1. The number of carboxylic acid groups (broad SMARTS) is 1. The summed E-state index contributed by atoms with van der Waals surface area (Å²) in [6, 6.07) is 7.79. The van der Waals surface area contributed by atoms with Crippen LogP contribution in [0.5, 0.6) is 0 Å². The molecule has 120 valence electrons. The molecule has 2 rings (SSSR count). The number of carbonyl (C=O) groups is 2. The van der Waals surface area contributed by atoms with Gasteiger partial charge in [-0.05, 0) is 43.4 Å². The Morgan fingerprint density at radius 2 is 1.86 bits per heavy atom. The number of benzene rings is 1. The molecule has 5 nitrogen and oxygen atoms in total. The molecular weight excluding hydrogens is 282 g/mol. The van der Waals surface area contributed by atoms with Crippen molar-refractivity contribution >= 4 is 17.6 Å². The molecule has 2 N–H and O–H groups in total. The summed E-state index contributed by atoms with van der Waals surface area (Å²) < 4.78 is 5.23. The molecule has 0 spiro atoms. The Hall–Kier alpha value is -1.88. The van der Waals surface area contributed by atoms with Crippen molar-refractivity contribution in [2.75, 3.05) is 5.32 Å². The quantitative estimate of drug-likeness (QED) is 0.759. The number of aliphatic carboxylic acids is 1. The first kappa shape index (κ1) is 16.5. The summed E-state index contributed by atoms with van der Waals surface area (Å²) in [5.41, 5.74) is 1.97. The van der Waals surface area contributed by atoms with Crippen LogP contribution in [0.25, 0.3) is 0 Å². The second-order valence-corrected chi connectivity index (χ2v) is 5.67. The Kier molecular flexibility index (Phi) is 5.95. The maximum atomic E-state index is 12.0. The molecule has 0 radical (unpaired) electrons. The van der Waals surface area contributed by atoms with Crippen LogP contribution in [0, 0.1) is 0 Å². The van der Waals surface area contributed by atoms with Gasteiger partial charge in [0.15, 0.2) is 6.10 Å². The third kappa shape index (κ3) is 4.56. The van der Waals surface area contributed by atoms with E-state index in [0.29, 0.717) is 18.5 Å². The van der Waals surface area contributed by atoms with Crippen LogP contribution in [0.15, 0.2) is 24.3 Å². The van der Waals surface area contributed by atoms with Crippen LogP contribution in [0.2, 0.25) is 0 Å². The van der Waals surface area contributed by atoms with Crippen molar-refractivity contribution in [3.63, 3.8) is 0 Å². The fourth-order valence-corrected chi connectivity index (χ4v) is 2.57. The third-order valence-corrected chi connectivity index (χ3v) is 3.88. The molecule has 2 atom stereocenters. The number of ether oxygens (including phenoxy) is 1. The average molecular weight is 305 g/mol. The zero-order chi connectivity index (χ0) is 15.9. The van der Waals surface area contributed by atoms with Gasteiger partial charge in [0.2, 0.25) is 0 Å². The van der Waals surface area contributed by atoms with Gasteiger partial charge in [0.25, 0.3) is 5.91 Å². The molecule has 1 aromatic carbocycles. The van der Waals surface area contributed by atoms with E-state index in [1.165, 1.54) is 24.8 Å². The topological polar surface area (TPSA) is 75.6 Å². The summed E-state index contributed by atoms with van der Waals surface area (Å²) in [4.78, 5) is 22.9. The third-order valence-electron chi connectivity index (χ3n) is 3.88. The van der Waals surface area contributed by atoms with Crippen LogP contribution >= 0.6 is 0 Å². The second kappa shape index (κ2) is 7.94. The Labute approximate surface area is 130 Å². The van der Waals surface area contributed by atoms with Crippen molar-refractivity contribution in [3.05, 3.63) is 29.8 Å². The minimum absolute atomic E-state index is 0.275. The standard InChI is InChI=1S/C17H23NO4/c1-2-3-4-5-12-6-8-13(9-7-12)18-16(19)14-10-11-15(22-14)17(20)21/h6-9,14-15H,2-5,10-11H2,1H3,(H,18,19)(H,20,21)/t14-,15+/m0/s1. The minimum Gasteiger partial charge on any atom is -0.479 e. The van der Waals surface area contributed by atoms with Gasteiger partial charge in [0, 0.05) is 5.69 Å². The molecule has 0 aliphatic carbocycles. The number of amides is 1. The number of unbranched alkanes of at least 4 members (excludes halogenated alkanes) is 2. The molecular formula is C17H23NO4. The first-order valence-electron chi connectivity index (χ1n) is 7.88. The number of rotatable bonds is 7. The van der Waals surface area contributed by atoms with Crippen molar-refractivity contribution in [1.29, 1.82) is 0 Å². The van der Waals surface area contributed by atoms with Gasteiger partial charge in [-0.15, -0.1) is 0 Å². The van der Waals surface area contributed by atoms with Crippen molar-refractivity contribution in [2.45, 2.75) is 57.7 Å². The Morgan fingerprint density at radius 3 is 2.45 bits per heavy atom. The van der Waals surface area contributed by atoms with E-state index in [0.717, 1.165) is 6.42 Å². The van der Waals surface area contributed by atoms with Crippen LogP contribution < -0.4 is 5.32 Å². The number of hydrogen-bond acceptors (Lipinski definition) is 3. The summed E-state index contributed by atoms with van der Waals surface area (Å²) >= 11 is 0. The lowest BCUT2D eigenvalue weighted by Gasteiger charge is -2.12. The van der Waals surface area contributed by atoms with Crippen LogP contribution in [-0.2, 0) is 20.7 Å². The van der Waals surface area contributed by atoms with Gasteiger partial charge in [-0.2, -0.15) is 0 Å². The predicted octanol–water partition coefficient (Wildman–Crippen LogP) is 2.99. The monoisotopic (exact) mass is 305 g/mol. The summed E-state index contributed by atoms with van der Waals surface area (Å²) in [5.74, 6) is -1.28. The zero-order valence-corrected chi connectivity index (χ0v) is 12.9. The molecule has 5 heteroatoms. The van der Waals surface area contributed by atoms with E-state index in [1.54, 1.807) is 0 Å². The first-order chi connectivity index (χ1) is 10.6. The van der Waals surface area contributed by atoms with E-state index in [2.05, 4.69) is 12.2 Å². The van der Waals surface area contributed by atoms with Crippen LogP contribution in [0.1, 0.15) is 44.6 Å². The molecule has 1 fully saturated rings. The van der Waals surface area contributed by atoms with Crippen molar-refractivity contribution in [3.8, 4) is 0 Å². The SMILES string of the molecule is CCCCCc1ccc(NC(=O)[C@@H]2CC[C@H](C(=O)O)O2)cc1. The van der Waals surface area contributed by atoms with Crippen LogP contribution in [-0.4, -0.2) is 29.2 Å².